The molecule has 66 valence electrons. The maximum Gasteiger partial charge on any atom is 0.106 e. The molecule has 2 atom stereocenters. The van der Waals surface area contributed by atoms with Crippen molar-refractivity contribution in [3.8, 4) is 0 Å². The van der Waals surface area contributed by atoms with Gasteiger partial charge in [0.25, 0.3) is 0 Å². The van der Waals surface area contributed by atoms with Crippen molar-refractivity contribution in [2.24, 2.45) is 0 Å². The fraction of sp³-hybridized carbons (Fsp3) is 1.00. The predicted octanol–water partition coefficient (Wildman–Crippen LogP) is 0.915. The van der Waals surface area contributed by atoms with Gasteiger partial charge in [0.2, 0.25) is 0 Å². The SMILES string of the molecule is CCC(C)N([O-])OCC1CO1. The second-order valence-electron chi connectivity index (χ2n) is 2.79. The second-order valence-corrected chi connectivity index (χ2v) is 2.79. The molecule has 0 radical (unpaired) electrons. The maximum absolute atomic E-state index is 10.9. The molecule has 1 heterocycles. The van der Waals surface area contributed by atoms with Gasteiger partial charge in [0, 0.05) is 6.04 Å². The van der Waals surface area contributed by atoms with Crippen LogP contribution in [0.5, 0.6) is 0 Å². The van der Waals surface area contributed by atoms with Crippen molar-refractivity contribution in [1.29, 1.82) is 0 Å². The molecule has 0 aromatic carbocycles. The normalized spacial score (nSPS) is 25.6. The van der Waals surface area contributed by atoms with Crippen LogP contribution < -0.4 is 0 Å². The Balaban J connectivity index is 2.03. The first-order valence-electron chi connectivity index (χ1n) is 3.95. The minimum Gasteiger partial charge on any atom is -0.762 e. The highest BCUT2D eigenvalue weighted by atomic mass is 16.9. The zero-order valence-electron chi connectivity index (χ0n) is 6.95. The van der Waals surface area contributed by atoms with E-state index in [0.717, 1.165) is 13.0 Å². The van der Waals surface area contributed by atoms with E-state index < -0.39 is 0 Å². The van der Waals surface area contributed by atoms with Gasteiger partial charge in [-0.3, -0.25) is 5.23 Å². The van der Waals surface area contributed by atoms with Crippen molar-refractivity contribution in [3.63, 3.8) is 0 Å². The summed E-state index contributed by atoms with van der Waals surface area (Å²) in [5, 5.41) is 11.6. The smallest absolute Gasteiger partial charge is 0.106 e. The molecule has 0 bridgehead atoms. The molecule has 1 fully saturated rings. The minimum absolute atomic E-state index is 0.0613. The maximum atomic E-state index is 10.9. The van der Waals surface area contributed by atoms with Gasteiger partial charge in [-0.2, -0.15) is 0 Å². The molecule has 4 heteroatoms. The van der Waals surface area contributed by atoms with E-state index in [1.54, 1.807) is 0 Å². The Bertz CT molecular complexity index is 116. The third-order valence-corrected chi connectivity index (χ3v) is 1.74. The molecule has 0 N–H and O–H groups in total. The van der Waals surface area contributed by atoms with Crippen LogP contribution in [0.2, 0.25) is 0 Å². The van der Waals surface area contributed by atoms with E-state index in [4.69, 9.17) is 9.57 Å². The molecule has 1 aliphatic heterocycles. The van der Waals surface area contributed by atoms with Crippen molar-refractivity contribution in [2.45, 2.75) is 32.4 Å². The summed E-state index contributed by atoms with van der Waals surface area (Å²) in [5.41, 5.74) is 0. The predicted molar refractivity (Wildman–Crippen MR) is 40.7 cm³/mol. The molecule has 1 saturated heterocycles. The first-order chi connectivity index (χ1) is 5.24. The molecular formula is C7H14NO3-. The largest absolute Gasteiger partial charge is 0.762 e. The van der Waals surface area contributed by atoms with Crippen LogP contribution in [0.15, 0.2) is 0 Å². The van der Waals surface area contributed by atoms with E-state index >= 15 is 0 Å². The molecule has 11 heavy (non-hydrogen) atoms. The molecule has 0 amide bonds. The lowest BCUT2D eigenvalue weighted by molar-refractivity contribution is -0.148. The molecule has 0 aromatic heterocycles. The molecular weight excluding hydrogens is 146 g/mol. The quantitative estimate of drug-likeness (QED) is 0.443. The Morgan fingerprint density at radius 2 is 2.45 bits per heavy atom. The standard InChI is InChI=1S/C7H14NO3/c1-3-6(2)8(9)11-5-7-4-10-7/h6-7H,3-5H2,1-2H3/q-1. The monoisotopic (exact) mass is 160 g/mol. The summed E-state index contributed by atoms with van der Waals surface area (Å²) in [4.78, 5) is 4.87. The molecule has 0 aromatic rings. The number of hydrogen-bond acceptors (Lipinski definition) is 4. The van der Waals surface area contributed by atoms with Crippen LogP contribution in [0.3, 0.4) is 0 Å². The van der Waals surface area contributed by atoms with Gasteiger partial charge in [-0.15, -0.1) is 0 Å². The van der Waals surface area contributed by atoms with Crippen LogP contribution in [0.25, 0.3) is 0 Å². The van der Waals surface area contributed by atoms with Crippen molar-refractivity contribution < 1.29 is 9.57 Å². The van der Waals surface area contributed by atoms with Gasteiger partial charge < -0.3 is 14.8 Å². The topological polar surface area (TPSA) is 48.1 Å². The van der Waals surface area contributed by atoms with Crippen LogP contribution in [-0.2, 0) is 9.57 Å². The number of hydrogen-bond donors (Lipinski definition) is 0. The number of ether oxygens (including phenoxy) is 1. The summed E-state index contributed by atoms with van der Waals surface area (Å²) in [6, 6.07) is -0.0613. The van der Waals surface area contributed by atoms with E-state index in [-0.39, 0.29) is 12.1 Å². The summed E-state index contributed by atoms with van der Waals surface area (Å²) < 4.78 is 4.88. The highest BCUT2D eigenvalue weighted by Crippen LogP contribution is 2.11. The van der Waals surface area contributed by atoms with Gasteiger partial charge in [0.15, 0.2) is 0 Å². The van der Waals surface area contributed by atoms with Gasteiger partial charge >= 0.3 is 0 Å². The summed E-state index contributed by atoms with van der Waals surface area (Å²) in [6.45, 7) is 4.91. The molecule has 2 unspecified atom stereocenters. The number of hydroxylamine groups is 2. The highest BCUT2D eigenvalue weighted by Gasteiger charge is 2.23. The lowest BCUT2D eigenvalue weighted by Crippen LogP contribution is -2.28. The Labute approximate surface area is 66.6 Å². The fourth-order valence-electron chi connectivity index (χ4n) is 0.597. The zero-order chi connectivity index (χ0) is 8.27. The molecule has 1 rings (SSSR count). The van der Waals surface area contributed by atoms with Gasteiger partial charge in [0.1, 0.15) is 6.10 Å². The Hall–Kier alpha value is -0.160. The van der Waals surface area contributed by atoms with Crippen LogP contribution in [0, 0.1) is 5.21 Å². The van der Waals surface area contributed by atoms with Gasteiger partial charge in [-0.05, 0) is 13.3 Å². The zero-order valence-corrected chi connectivity index (χ0v) is 6.95. The molecule has 1 aliphatic rings. The van der Waals surface area contributed by atoms with Gasteiger partial charge in [0.05, 0.1) is 13.2 Å². The summed E-state index contributed by atoms with van der Waals surface area (Å²) in [6.07, 6.45) is 0.963. The van der Waals surface area contributed by atoms with Crippen molar-refractivity contribution in [3.05, 3.63) is 5.21 Å². The van der Waals surface area contributed by atoms with Crippen LogP contribution in [0.1, 0.15) is 20.3 Å². The van der Waals surface area contributed by atoms with E-state index in [2.05, 4.69) is 0 Å². The second kappa shape index (κ2) is 4.01. The number of epoxide rings is 1. The van der Waals surface area contributed by atoms with E-state index in [1.165, 1.54) is 0 Å². The average Bonchev–Trinajstić information content (AvgIpc) is 2.81. The van der Waals surface area contributed by atoms with E-state index in [1.807, 2.05) is 13.8 Å². The van der Waals surface area contributed by atoms with Crippen LogP contribution in [-0.4, -0.2) is 30.6 Å². The highest BCUT2D eigenvalue weighted by molar-refractivity contribution is 4.67. The number of rotatable bonds is 5. The Morgan fingerprint density at radius 1 is 1.82 bits per heavy atom. The summed E-state index contributed by atoms with van der Waals surface area (Å²) >= 11 is 0. The third-order valence-electron chi connectivity index (χ3n) is 1.74. The average molecular weight is 160 g/mol. The van der Waals surface area contributed by atoms with Gasteiger partial charge in [-0.25, -0.2) is 0 Å². The van der Waals surface area contributed by atoms with Crippen molar-refractivity contribution in [2.75, 3.05) is 13.2 Å². The van der Waals surface area contributed by atoms with Crippen molar-refractivity contribution in [1.82, 2.24) is 5.23 Å². The Kier molecular flexibility index (Phi) is 3.26. The lowest BCUT2D eigenvalue weighted by Gasteiger charge is -2.32. The molecule has 0 aliphatic carbocycles. The molecule has 0 saturated carbocycles. The summed E-state index contributed by atoms with van der Waals surface area (Å²) in [7, 11) is 0. The van der Waals surface area contributed by atoms with E-state index in [0.29, 0.717) is 11.8 Å². The van der Waals surface area contributed by atoms with Gasteiger partial charge in [-0.1, -0.05) is 6.92 Å². The van der Waals surface area contributed by atoms with Crippen molar-refractivity contribution >= 4 is 0 Å². The first-order valence-corrected chi connectivity index (χ1v) is 3.95. The first kappa shape index (κ1) is 8.93. The molecule has 0 spiro atoms. The summed E-state index contributed by atoms with van der Waals surface area (Å²) in [5.74, 6) is 0. The number of nitrogens with zero attached hydrogens (tertiary/aromatic N) is 1. The fourth-order valence-corrected chi connectivity index (χ4v) is 0.597. The molecule has 4 nitrogen and oxygen atoms in total. The van der Waals surface area contributed by atoms with E-state index in [9.17, 15) is 5.21 Å². The lowest BCUT2D eigenvalue weighted by atomic mass is 10.3. The van der Waals surface area contributed by atoms with Crippen LogP contribution in [0.4, 0.5) is 0 Å². The minimum atomic E-state index is -0.0613. The van der Waals surface area contributed by atoms with Crippen LogP contribution >= 0.6 is 0 Å². The third kappa shape index (κ3) is 3.16. The Morgan fingerprint density at radius 3 is 2.91 bits per heavy atom.